The highest BCUT2D eigenvalue weighted by Crippen LogP contribution is 2.45. The number of urea groups is 1. The van der Waals surface area contributed by atoms with Crippen LogP contribution in [0.15, 0.2) is 42.5 Å². The van der Waals surface area contributed by atoms with Crippen LogP contribution in [-0.4, -0.2) is 29.3 Å². The Morgan fingerprint density at radius 2 is 1.73 bits per heavy atom. The molecular formula is C19H16ClN3O3. The monoisotopic (exact) mass is 369 g/mol. The number of fused-ring (bicyclic) bond motifs is 2. The molecule has 2 N–H and O–H groups in total. The number of rotatable bonds is 3. The lowest BCUT2D eigenvalue weighted by atomic mass is 9.88. The SMILES string of the molecule is Cc1cc(Cl)cc2c1NC(=O)[C@@]21C(=O)NC(=O)N1CCc1ccccc1. The minimum absolute atomic E-state index is 0.222. The minimum atomic E-state index is -1.71. The maximum atomic E-state index is 12.9. The predicted molar refractivity (Wildman–Crippen MR) is 96.9 cm³/mol. The first-order valence-electron chi connectivity index (χ1n) is 8.23. The molecule has 7 heteroatoms. The molecule has 26 heavy (non-hydrogen) atoms. The predicted octanol–water partition coefficient (Wildman–Crippen LogP) is 2.59. The number of aryl methyl sites for hydroxylation is 1. The van der Waals surface area contributed by atoms with Crippen LogP contribution < -0.4 is 10.6 Å². The lowest BCUT2D eigenvalue weighted by Gasteiger charge is -2.30. The van der Waals surface area contributed by atoms with Crippen LogP contribution in [0.4, 0.5) is 10.5 Å². The lowest BCUT2D eigenvalue weighted by molar-refractivity contribution is -0.137. The van der Waals surface area contributed by atoms with Crippen molar-refractivity contribution in [2.24, 2.45) is 0 Å². The number of nitrogens with zero attached hydrogens (tertiary/aromatic N) is 1. The van der Waals surface area contributed by atoms with Crippen molar-refractivity contribution < 1.29 is 14.4 Å². The summed E-state index contributed by atoms with van der Waals surface area (Å²) in [5.74, 6) is -1.18. The molecule has 2 aromatic rings. The van der Waals surface area contributed by atoms with Gasteiger partial charge in [0.15, 0.2) is 0 Å². The number of carbonyl (C=O) groups excluding carboxylic acids is 3. The van der Waals surface area contributed by atoms with E-state index in [0.29, 0.717) is 22.7 Å². The number of benzene rings is 2. The smallest absolute Gasteiger partial charge is 0.323 e. The van der Waals surface area contributed by atoms with E-state index in [0.717, 1.165) is 11.1 Å². The first-order valence-corrected chi connectivity index (χ1v) is 8.61. The van der Waals surface area contributed by atoms with E-state index in [2.05, 4.69) is 10.6 Å². The second-order valence-electron chi connectivity index (χ2n) is 6.46. The molecule has 4 amide bonds. The highest BCUT2D eigenvalue weighted by Gasteiger charge is 2.63. The third kappa shape index (κ3) is 2.22. The van der Waals surface area contributed by atoms with Crippen LogP contribution in [0.1, 0.15) is 16.7 Å². The molecule has 0 aromatic heterocycles. The van der Waals surface area contributed by atoms with Gasteiger partial charge in [0.1, 0.15) is 0 Å². The molecule has 0 saturated carbocycles. The van der Waals surface area contributed by atoms with E-state index < -0.39 is 23.4 Å². The van der Waals surface area contributed by atoms with Crippen LogP contribution in [0.2, 0.25) is 5.02 Å². The Labute approximate surface area is 155 Å². The number of hydrogen-bond acceptors (Lipinski definition) is 3. The second kappa shape index (κ2) is 5.85. The molecule has 2 aliphatic rings. The summed E-state index contributed by atoms with van der Waals surface area (Å²) < 4.78 is 0. The van der Waals surface area contributed by atoms with Crippen LogP contribution >= 0.6 is 11.6 Å². The molecule has 2 heterocycles. The van der Waals surface area contributed by atoms with Gasteiger partial charge in [-0.15, -0.1) is 0 Å². The molecule has 0 radical (unpaired) electrons. The van der Waals surface area contributed by atoms with Gasteiger partial charge in [0, 0.05) is 17.1 Å². The van der Waals surface area contributed by atoms with Gasteiger partial charge in [-0.1, -0.05) is 41.9 Å². The van der Waals surface area contributed by atoms with Gasteiger partial charge in [-0.25, -0.2) is 4.79 Å². The van der Waals surface area contributed by atoms with Crippen molar-refractivity contribution in [2.75, 3.05) is 11.9 Å². The normalized spacial score (nSPS) is 21.2. The summed E-state index contributed by atoms with van der Waals surface area (Å²) in [6, 6.07) is 12.3. The van der Waals surface area contributed by atoms with Gasteiger partial charge in [-0.3, -0.25) is 19.8 Å². The molecule has 1 saturated heterocycles. The quantitative estimate of drug-likeness (QED) is 0.644. The highest BCUT2D eigenvalue weighted by atomic mass is 35.5. The van der Waals surface area contributed by atoms with Crippen molar-refractivity contribution in [3.05, 3.63) is 64.2 Å². The van der Waals surface area contributed by atoms with E-state index in [1.807, 2.05) is 30.3 Å². The number of amides is 4. The zero-order valence-corrected chi connectivity index (χ0v) is 14.8. The number of halogens is 1. The lowest BCUT2D eigenvalue weighted by Crippen LogP contribution is -2.52. The van der Waals surface area contributed by atoms with Crippen LogP contribution in [0.25, 0.3) is 0 Å². The van der Waals surface area contributed by atoms with E-state index in [1.54, 1.807) is 19.1 Å². The molecule has 6 nitrogen and oxygen atoms in total. The summed E-state index contributed by atoms with van der Waals surface area (Å²) in [6.45, 7) is 2.02. The van der Waals surface area contributed by atoms with E-state index in [1.165, 1.54) is 4.90 Å². The standard InChI is InChI=1S/C19H16ClN3O3/c1-11-9-13(20)10-14-15(11)21-16(24)19(14)17(25)22-18(26)23(19)8-7-12-5-3-2-4-6-12/h2-6,9-10H,7-8H2,1H3,(H,21,24)(H,22,25,26)/t19-/m1/s1. The van der Waals surface area contributed by atoms with Crippen LogP contribution in [0.3, 0.4) is 0 Å². The summed E-state index contributed by atoms with van der Waals surface area (Å²) in [4.78, 5) is 39.4. The van der Waals surface area contributed by atoms with Gasteiger partial charge in [0.25, 0.3) is 11.8 Å². The van der Waals surface area contributed by atoms with Gasteiger partial charge in [-0.2, -0.15) is 0 Å². The van der Waals surface area contributed by atoms with Crippen molar-refractivity contribution in [1.29, 1.82) is 0 Å². The Balaban J connectivity index is 1.79. The maximum absolute atomic E-state index is 12.9. The summed E-state index contributed by atoms with van der Waals surface area (Å²) in [5.41, 5.74) is 0.998. The Bertz CT molecular complexity index is 945. The molecule has 0 unspecified atom stereocenters. The maximum Gasteiger partial charge on any atom is 0.325 e. The Hall–Kier alpha value is -2.86. The van der Waals surface area contributed by atoms with E-state index in [-0.39, 0.29) is 6.54 Å². The van der Waals surface area contributed by atoms with Gasteiger partial charge < -0.3 is 5.32 Å². The van der Waals surface area contributed by atoms with E-state index in [9.17, 15) is 14.4 Å². The largest absolute Gasteiger partial charge is 0.325 e. The highest BCUT2D eigenvalue weighted by molar-refractivity contribution is 6.32. The van der Waals surface area contributed by atoms with Crippen LogP contribution in [-0.2, 0) is 21.5 Å². The zero-order valence-electron chi connectivity index (χ0n) is 14.0. The van der Waals surface area contributed by atoms with Crippen molar-refractivity contribution >= 4 is 35.1 Å². The average Bonchev–Trinajstić information content (AvgIpc) is 3.03. The molecule has 1 fully saturated rings. The number of imide groups is 1. The number of anilines is 1. The Kier molecular flexibility index (Phi) is 3.73. The van der Waals surface area contributed by atoms with Gasteiger partial charge in [0.2, 0.25) is 5.54 Å². The fraction of sp³-hybridized carbons (Fsp3) is 0.211. The number of hydrogen-bond donors (Lipinski definition) is 2. The van der Waals surface area contributed by atoms with Crippen molar-refractivity contribution in [3.63, 3.8) is 0 Å². The molecule has 0 bridgehead atoms. The topological polar surface area (TPSA) is 78.5 Å². The number of nitrogens with one attached hydrogen (secondary N) is 2. The molecule has 2 aromatic carbocycles. The van der Waals surface area contributed by atoms with Crippen molar-refractivity contribution in [3.8, 4) is 0 Å². The first-order chi connectivity index (χ1) is 12.4. The first kappa shape index (κ1) is 16.6. The average molecular weight is 370 g/mol. The van der Waals surface area contributed by atoms with Crippen LogP contribution in [0.5, 0.6) is 0 Å². The van der Waals surface area contributed by atoms with Gasteiger partial charge >= 0.3 is 6.03 Å². The fourth-order valence-electron chi connectivity index (χ4n) is 3.70. The molecule has 1 spiro atoms. The Morgan fingerprint density at radius 3 is 2.46 bits per heavy atom. The summed E-state index contributed by atoms with van der Waals surface area (Å²) in [5, 5.41) is 5.45. The van der Waals surface area contributed by atoms with Crippen molar-refractivity contribution in [1.82, 2.24) is 10.2 Å². The molecule has 132 valence electrons. The van der Waals surface area contributed by atoms with Crippen LogP contribution in [0, 0.1) is 6.92 Å². The summed E-state index contributed by atoms with van der Waals surface area (Å²) >= 11 is 6.17. The van der Waals surface area contributed by atoms with Crippen molar-refractivity contribution in [2.45, 2.75) is 18.9 Å². The minimum Gasteiger partial charge on any atom is -0.323 e. The summed E-state index contributed by atoms with van der Waals surface area (Å²) in [7, 11) is 0. The summed E-state index contributed by atoms with van der Waals surface area (Å²) in [6.07, 6.45) is 0.519. The van der Waals surface area contributed by atoms with Gasteiger partial charge in [-0.05, 0) is 36.6 Å². The second-order valence-corrected chi connectivity index (χ2v) is 6.89. The zero-order chi connectivity index (χ0) is 18.5. The third-order valence-corrected chi connectivity index (χ3v) is 5.14. The fourth-order valence-corrected chi connectivity index (χ4v) is 3.97. The Morgan fingerprint density at radius 1 is 1.04 bits per heavy atom. The van der Waals surface area contributed by atoms with Gasteiger partial charge in [0.05, 0.1) is 5.69 Å². The number of carbonyl (C=O) groups is 3. The van der Waals surface area contributed by atoms with E-state index >= 15 is 0 Å². The molecule has 0 aliphatic carbocycles. The molecule has 1 atom stereocenters. The molecular weight excluding hydrogens is 354 g/mol. The molecule has 2 aliphatic heterocycles. The van der Waals surface area contributed by atoms with E-state index in [4.69, 9.17) is 11.6 Å². The third-order valence-electron chi connectivity index (χ3n) is 4.92. The molecule has 4 rings (SSSR count).